The Morgan fingerprint density at radius 3 is 2.35 bits per heavy atom. The van der Waals surface area contributed by atoms with Crippen LogP contribution in [0.25, 0.3) is 6.08 Å². The van der Waals surface area contributed by atoms with Crippen molar-refractivity contribution in [3.05, 3.63) is 95.6 Å². The lowest BCUT2D eigenvalue weighted by Gasteiger charge is -2.10. The van der Waals surface area contributed by atoms with Crippen molar-refractivity contribution in [2.24, 2.45) is 0 Å². The van der Waals surface area contributed by atoms with Gasteiger partial charge in [-0.25, -0.2) is 0 Å². The second-order valence-electron chi connectivity index (χ2n) is 5.71. The first-order chi connectivity index (χ1) is 12.6. The van der Waals surface area contributed by atoms with Crippen LogP contribution in [-0.4, -0.2) is 16.0 Å². The second kappa shape index (κ2) is 8.03. The standard InChI is InChI=1S/C22H18O4/c23-18-11-9-17(10-12-18)20(24)14-13-19-21(25)7-4-8-22(19)26-15-16-5-2-1-3-6-16/h1-14,23,25H,15H2. The number of aromatic hydroxyl groups is 2. The van der Waals surface area contributed by atoms with E-state index in [1.165, 1.54) is 24.3 Å². The molecule has 3 aromatic rings. The highest BCUT2D eigenvalue weighted by atomic mass is 16.5. The zero-order chi connectivity index (χ0) is 18.4. The minimum absolute atomic E-state index is 0.0327. The van der Waals surface area contributed by atoms with Crippen molar-refractivity contribution in [3.8, 4) is 17.2 Å². The Bertz CT molecular complexity index is 913. The maximum Gasteiger partial charge on any atom is 0.185 e. The van der Waals surface area contributed by atoms with Crippen LogP contribution in [0.15, 0.2) is 78.9 Å². The zero-order valence-corrected chi connectivity index (χ0v) is 14.0. The van der Waals surface area contributed by atoms with Crippen molar-refractivity contribution in [3.63, 3.8) is 0 Å². The van der Waals surface area contributed by atoms with Gasteiger partial charge in [0.1, 0.15) is 23.9 Å². The monoisotopic (exact) mass is 346 g/mol. The number of phenols is 2. The summed E-state index contributed by atoms with van der Waals surface area (Å²) < 4.78 is 5.80. The molecule has 3 aromatic carbocycles. The van der Waals surface area contributed by atoms with E-state index in [0.29, 0.717) is 23.5 Å². The molecule has 0 unspecified atom stereocenters. The number of hydrogen-bond acceptors (Lipinski definition) is 4. The molecule has 0 bridgehead atoms. The predicted octanol–water partition coefficient (Wildman–Crippen LogP) is 4.57. The highest BCUT2D eigenvalue weighted by molar-refractivity contribution is 6.07. The van der Waals surface area contributed by atoms with E-state index in [0.717, 1.165) is 5.56 Å². The fourth-order valence-electron chi connectivity index (χ4n) is 2.44. The van der Waals surface area contributed by atoms with Gasteiger partial charge in [-0.2, -0.15) is 0 Å². The summed E-state index contributed by atoms with van der Waals surface area (Å²) in [6, 6.07) is 20.7. The fraction of sp³-hybridized carbons (Fsp3) is 0.0455. The number of carbonyl (C=O) groups is 1. The Morgan fingerprint density at radius 2 is 1.62 bits per heavy atom. The molecule has 26 heavy (non-hydrogen) atoms. The fourth-order valence-corrected chi connectivity index (χ4v) is 2.44. The number of carbonyl (C=O) groups excluding carboxylic acids is 1. The van der Waals surface area contributed by atoms with Crippen molar-refractivity contribution >= 4 is 11.9 Å². The Hall–Kier alpha value is -3.53. The first-order valence-electron chi connectivity index (χ1n) is 8.13. The number of phenolic OH excluding ortho intramolecular Hbond substituents is 2. The molecular formula is C22H18O4. The number of hydrogen-bond donors (Lipinski definition) is 2. The molecule has 0 aromatic heterocycles. The zero-order valence-electron chi connectivity index (χ0n) is 14.0. The summed E-state index contributed by atoms with van der Waals surface area (Å²) in [5.74, 6) is 0.388. The van der Waals surface area contributed by atoms with E-state index >= 15 is 0 Å². The van der Waals surface area contributed by atoms with Crippen LogP contribution in [0.5, 0.6) is 17.2 Å². The van der Waals surface area contributed by atoms with E-state index in [2.05, 4.69) is 0 Å². The van der Waals surface area contributed by atoms with Gasteiger partial charge in [0, 0.05) is 5.56 Å². The second-order valence-corrected chi connectivity index (χ2v) is 5.71. The molecular weight excluding hydrogens is 328 g/mol. The summed E-state index contributed by atoms with van der Waals surface area (Å²) in [7, 11) is 0. The maximum absolute atomic E-state index is 12.2. The molecule has 4 heteroatoms. The van der Waals surface area contributed by atoms with Crippen LogP contribution in [0.3, 0.4) is 0 Å². The number of ether oxygens (including phenoxy) is 1. The minimum atomic E-state index is -0.234. The summed E-state index contributed by atoms with van der Waals surface area (Å²) in [5.41, 5.74) is 1.89. The van der Waals surface area contributed by atoms with Crippen molar-refractivity contribution < 1.29 is 19.7 Å². The molecule has 0 amide bonds. The average Bonchev–Trinajstić information content (AvgIpc) is 2.67. The quantitative estimate of drug-likeness (QED) is 0.507. The first kappa shape index (κ1) is 17.3. The molecule has 0 aliphatic rings. The lowest BCUT2D eigenvalue weighted by Crippen LogP contribution is -1.97. The summed E-state index contributed by atoms with van der Waals surface area (Å²) in [4.78, 5) is 12.2. The smallest absolute Gasteiger partial charge is 0.185 e. The van der Waals surface area contributed by atoms with Gasteiger partial charge in [0.2, 0.25) is 0 Å². The van der Waals surface area contributed by atoms with E-state index in [1.807, 2.05) is 30.3 Å². The SMILES string of the molecule is O=C(C=Cc1c(O)cccc1OCc1ccccc1)c1ccc(O)cc1. The maximum atomic E-state index is 12.2. The largest absolute Gasteiger partial charge is 0.508 e. The molecule has 0 radical (unpaired) electrons. The third-order valence-corrected chi connectivity index (χ3v) is 3.83. The van der Waals surface area contributed by atoms with Gasteiger partial charge in [0.05, 0.1) is 5.56 Å². The van der Waals surface area contributed by atoms with Gasteiger partial charge >= 0.3 is 0 Å². The van der Waals surface area contributed by atoms with Crippen molar-refractivity contribution in [2.75, 3.05) is 0 Å². The lowest BCUT2D eigenvalue weighted by atomic mass is 10.1. The van der Waals surface area contributed by atoms with Gasteiger partial charge < -0.3 is 14.9 Å². The normalized spacial score (nSPS) is 10.8. The Kier molecular flexibility index (Phi) is 5.34. The van der Waals surface area contributed by atoms with Crippen molar-refractivity contribution in [2.45, 2.75) is 6.61 Å². The number of ketones is 1. The predicted molar refractivity (Wildman–Crippen MR) is 100 cm³/mol. The molecule has 0 fully saturated rings. The molecule has 4 nitrogen and oxygen atoms in total. The molecule has 0 spiro atoms. The number of benzene rings is 3. The average molecular weight is 346 g/mol. The highest BCUT2D eigenvalue weighted by Crippen LogP contribution is 2.29. The third-order valence-electron chi connectivity index (χ3n) is 3.83. The van der Waals surface area contributed by atoms with Crippen LogP contribution in [0.2, 0.25) is 0 Å². The van der Waals surface area contributed by atoms with Gasteiger partial charge in [-0.1, -0.05) is 36.4 Å². The topological polar surface area (TPSA) is 66.8 Å². The van der Waals surface area contributed by atoms with Crippen molar-refractivity contribution in [1.29, 1.82) is 0 Å². The number of allylic oxidation sites excluding steroid dienone is 1. The van der Waals surface area contributed by atoms with Gasteiger partial charge in [0.25, 0.3) is 0 Å². The van der Waals surface area contributed by atoms with Crippen LogP contribution < -0.4 is 4.74 Å². The molecule has 2 N–H and O–H groups in total. The summed E-state index contributed by atoms with van der Waals surface area (Å²) in [5, 5.41) is 19.4. The molecule has 130 valence electrons. The Morgan fingerprint density at radius 1 is 0.885 bits per heavy atom. The van der Waals surface area contributed by atoms with Gasteiger partial charge in [-0.3, -0.25) is 4.79 Å². The summed E-state index contributed by atoms with van der Waals surface area (Å²) >= 11 is 0. The van der Waals surface area contributed by atoms with Crippen LogP contribution in [-0.2, 0) is 6.61 Å². The van der Waals surface area contributed by atoms with Gasteiger partial charge in [-0.05, 0) is 54.1 Å². The first-order valence-corrected chi connectivity index (χ1v) is 8.13. The molecule has 3 rings (SSSR count). The van der Waals surface area contributed by atoms with E-state index in [-0.39, 0.29) is 17.3 Å². The summed E-state index contributed by atoms with van der Waals surface area (Å²) in [6.45, 7) is 0.358. The minimum Gasteiger partial charge on any atom is -0.508 e. The van der Waals surface area contributed by atoms with E-state index in [1.54, 1.807) is 30.3 Å². The van der Waals surface area contributed by atoms with Crippen LogP contribution in [0.4, 0.5) is 0 Å². The third kappa shape index (κ3) is 4.30. The highest BCUT2D eigenvalue weighted by Gasteiger charge is 2.08. The van der Waals surface area contributed by atoms with Gasteiger partial charge in [-0.15, -0.1) is 0 Å². The molecule has 0 heterocycles. The lowest BCUT2D eigenvalue weighted by molar-refractivity contribution is 0.104. The van der Waals surface area contributed by atoms with E-state index in [4.69, 9.17) is 4.74 Å². The number of rotatable bonds is 6. The molecule has 0 aliphatic carbocycles. The van der Waals surface area contributed by atoms with E-state index < -0.39 is 0 Å². The molecule has 0 saturated carbocycles. The van der Waals surface area contributed by atoms with Crippen molar-refractivity contribution in [1.82, 2.24) is 0 Å². The molecule has 0 aliphatic heterocycles. The Labute approximate surface area is 151 Å². The van der Waals surface area contributed by atoms with E-state index in [9.17, 15) is 15.0 Å². The van der Waals surface area contributed by atoms with Crippen LogP contribution in [0, 0.1) is 0 Å². The Balaban J connectivity index is 1.78. The van der Waals surface area contributed by atoms with Gasteiger partial charge in [0.15, 0.2) is 5.78 Å². The van der Waals surface area contributed by atoms with Crippen LogP contribution >= 0.6 is 0 Å². The molecule has 0 saturated heterocycles. The summed E-state index contributed by atoms with van der Waals surface area (Å²) in [6.07, 6.45) is 2.90. The van der Waals surface area contributed by atoms with Crippen LogP contribution in [0.1, 0.15) is 21.5 Å². The molecule has 0 atom stereocenters.